The molecule has 1 aliphatic carbocycles. The molecule has 2 fully saturated rings. The molecule has 1 unspecified atom stereocenters. The van der Waals surface area contributed by atoms with Crippen molar-refractivity contribution in [3.8, 4) is 0 Å². The lowest BCUT2D eigenvalue weighted by molar-refractivity contribution is 0.181. The topological polar surface area (TPSA) is 58.2 Å². The molecule has 1 heterocycles. The van der Waals surface area contributed by atoms with Crippen molar-refractivity contribution < 1.29 is 8.42 Å². The fraction of sp³-hybridized carbons (Fsp3) is 1.00. The van der Waals surface area contributed by atoms with Gasteiger partial charge in [0.1, 0.15) is 0 Å². The number of nitrogens with one attached hydrogen (secondary N) is 2. The first-order valence-corrected chi connectivity index (χ1v) is 8.75. The first-order chi connectivity index (χ1) is 8.39. The molecule has 5 heteroatoms. The molecular formula is C13H26N2O2S. The highest BCUT2D eigenvalue weighted by Crippen LogP contribution is 2.32. The Morgan fingerprint density at radius 3 is 2.67 bits per heavy atom. The van der Waals surface area contributed by atoms with Crippen LogP contribution in [0.5, 0.6) is 0 Å². The van der Waals surface area contributed by atoms with Crippen molar-refractivity contribution in [2.75, 3.05) is 18.8 Å². The van der Waals surface area contributed by atoms with Gasteiger partial charge in [0.25, 0.3) is 0 Å². The van der Waals surface area contributed by atoms with E-state index < -0.39 is 10.0 Å². The molecule has 18 heavy (non-hydrogen) atoms. The Hall–Kier alpha value is -0.130. The van der Waals surface area contributed by atoms with Crippen molar-refractivity contribution in [2.24, 2.45) is 11.3 Å². The number of rotatable bonds is 6. The van der Waals surface area contributed by atoms with Gasteiger partial charge in [-0.25, -0.2) is 13.1 Å². The molecule has 0 spiro atoms. The summed E-state index contributed by atoms with van der Waals surface area (Å²) in [6, 6.07) is 0.252. The standard InChI is InChI=1S/C13H26N2O2S/c1-13(2)7-3-8-14-12(13)10-15-18(16,17)9-6-11-4-5-11/h11-12,14-15H,3-10H2,1-2H3. The molecule has 2 N–H and O–H groups in total. The van der Waals surface area contributed by atoms with Gasteiger partial charge in [0.15, 0.2) is 0 Å². The first-order valence-electron chi connectivity index (χ1n) is 7.10. The Labute approximate surface area is 111 Å². The van der Waals surface area contributed by atoms with Crippen LogP contribution in [0.1, 0.15) is 46.0 Å². The van der Waals surface area contributed by atoms with Crippen molar-refractivity contribution in [3.05, 3.63) is 0 Å². The molecule has 0 aromatic rings. The summed E-state index contributed by atoms with van der Waals surface area (Å²) in [5.41, 5.74) is 0.178. The maximum atomic E-state index is 11.9. The lowest BCUT2D eigenvalue weighted by Crippen LogP contribution is -2.53. The lowest BCUT2D eigenvalue weighted by atomic mass is 9.78. The third-order valence-electron chi connectivity index (χ3n) is 4.33. The normalized spacial score (nSPS) is 28.2. The van der Waals surface area contributed by atoms with Gasteiger partial charge in [0.05, 0.1) is 5.75 Å². The van der Waals surface area contributed by atoms with E-state index in [2.05, 4.69) is 23.9 Å². The van der Waals surface area contributed by atoms with Gasteiger partial charge in [-0.05, 0) is 37.1 Å². The molecule has 0 aromatic heterocycles. The van der Waals surface area contributed by atoms with Crippen LogP contribution in [0, 0.1) is 11.3 Å². The summed E-state index contributed by atoms with van der Waals surface area (Å²) in [5, 5.41) is 3.43. The molecular weight excluding hydrogens is 248 g/mol. The third kappa shape index (κ3) is 4.21. The zero-order chi connectivity index (χ0) is 13.2. The molecule has 1 aliphatic heterocycles. The van der Waals surface area contributed by atoms with Gasteiger partial charge in [0, 0.05) is 12.6 Å². The molecule has 4 nitrogen and oxygen atoms in total. The van der Waals surface area contributed by atoms with Gasteiger partial charge in [-0.3, -0.25) is 0 Å². The van der Waals surface area contributed by atoms with Gasteiger partial charge in [0.2, 0.25) is 10.0 Å². The number of sulfonamides is 1. The zero-order valence-electron chi connectivity index (χ0n) is 11.5. The van der Waals surface area contributed by atoms with Gasteiger partial charge in [-0.1, -0.05) is 26.7 Å². The summed E-state index contributed by atoms with van der Waals surface area (Å²) in [4.78, 5) is 0. The summed E-state index contributed by atoms with van der Waals surface area (Å²) in [6.07, 6.45) is 5.60. The van der Waals surface area contributed by atoms with E-state index in [0.717, 1.165) is 19.4 Å². The van der Waals surface area contributed by atoms with Gasteiger partial charge in [-0.15, -0.1) is 0 Å². The highest BCUT2D eigenvalue weighted by atomic mass is 32.2. The number of piperidine rings is 1. The monoisotopic (exact) mass is 274 g/mol. The molecule has 1 atom stereocenters. The lowest BCUT2D eigenvalue weighted by Gasteiger charge is -2.39. The van der Waals surface area contributed by atoms with Crippen LogP contribution in [0.25, 0.3) is 0 Å². The summed E-state index contributed by atoms with van der Waals surface area (Å²) < 4.78 is 26.5. The fourth-order valence-corrected chi connectivity index (χ4v) is 3.84. The van der Waals surface area contributed by atoms with E-state index in [-0.39, 0.29) is 11.5 Å². The van der Waals surface area contributed by atoms with Crippen molar-refractivity contribution in [1.82, 2.24) is 10.0 Å². The van der Waals surface area contributed by atoms with Crippen molar-refractivity contribution in [3.63, 3.8) is 0 Å². The predicted molar refractivity (Wildman–Crippen MR) is 73.9 cm³/mol. The van der Waals surface area contributed by atoms with Crippen LogP contribution >= 0.6 is 0 Å². The Morgan fingerprint density at radius 1 is 1.33 bits per heavy atom. The Morgan fingerprint density at radius 2 is 2.06 bits per heavy atom. The van der Waals surface area contributed by atoms with Crippen LogP contribution < -0.4 is 10.0 Å². The van der Waals surface area contributed by atoms with Crippen molar-refractivity contribution in [1.29, 1.82) is 0 Å². The highest BCUT2D eigenvalue weighted by Gasteiger charge is 2.32. The first kappa shape index (κ1) is 14.3. The predicted octanol–water partition coefficient (Wildman–Crippen LogP) is 1.48. The molecule has 106 valence electrons. The molecule has 0 amide bonds. The van der Waals surface area contributed by atoms with Crippen LogP contribution in [-0.4, -0.2) is 33.3 Å². The second kappa shape index (κ2) is 5.47. The summed E-state index contributed by atoms with van der Waals surface area (Å²) in [6.45, 7) is 5.95. The molecule has 1 saturated heterocycles. The quantitative estimate of drug-likeness (QED) is 0.771. The van der Waals surface area contributed by atoms with Crippen LogP contribution in [0.2, 0.25) is 0 Å². The van der Waals surface area contributed by atoms with Crippen LogP contribution in [0.15, 0.2) is 0 Å². The van der Waals surface area contributed by atoms with E-state index in [0.29, 0.717) is 18.2 Å². The van der Waals surface area contributed by atoms with Crippen molar-refractivity contribution >= 4 is 10.0 Å². The van der Waals surface area contributed by atoms with Crippen LogP contribution in [0.3, 0.4) is 0 Å². The van der Waals surface area contributed by atoms with E-state index >= 15 is 0 Å². The minimum absolute atomic E-state index is 0.178. The average molecular weight is 274 g/mol. The average Bonchev–Trinajstić information content (AvgIpc) is 3.08. The third-order valence-corrected chi connectivity index (χ3v) is 5.71. The molecule has 0 bridgehead atoms. The highest BCUT2D eigenvalue weighted by molar-refractivity contribution is 7.89. The molecule has 2 aliphatic rings. The van der Waals surface area contributed by atoms with Gasteiger partial charge < -0.3 is 5.32 Å². The second-order valence-corrected chi connectivity index (χ2v) is 8.42. The molecule has 1 saturated carbocycles. The maximum absolute atomic E-state index is 11.9. The van der Waals surface area contributed by atoms with E-state index in [9.17, 15) is 8.42 Å². The second-order valence-electron chi connectivity index (χ2n) is 6.50. The Kier molecular flexibility index (Phi) is 4.34. The number of hydrogen-bond acceptors (Lipinski definition) is 3. The van der Waals surface area contributed by atoms with Crippen LogP contribution in [-0.2, 0) is 10.0 Å². The SMILES string of the molecule is CC1(C)CCCNC1CNS(=O)(=O)CCC1CC1. The summed E-state index contributed by atoms with van der Waals surface area (Å²) in [5.74, 6) is 0.969. The minimum Gasteiger partial charge on any atom is -0.312 e. The van der Waals surface area contributed by atoms with Gasteiger partial charge in [-0.2, -0.15) is 0 Å². The molecule has 0 aromatic carbocycles. The van der Waals surface area contributed by atoms with Crippen molar-refractivity contribution in [2.45, 2.75) is 52.0 Å². The van der Waals surface area contributed by atoms with E-state index in [1.165, 1.54) is 19.3 Å². The molecule has 0 radical (unpaired) electrons. The number of hydrogen-bond donors (Lipinski definition) is 2. The van der Waals surface area contributed by atoms with Gasteiger partial charge >= 0.3 is 0 Å². The summed E-state index contributed by atoms with van der Waals surface area (Å²) in [7, 11) is -3.08. The largest absolute Gasteiger partial charge is 0.312 e. The smallest absolute Gasteiger partial charge is 0.211 e. The van der Waals surface area contributed by atoms with E-state index in [1.54, 1.807) is 0 Å². The maximum Gasteiger partial charge on any atom is 0.211 e. The van der Waals surface area contributed by atoms with Crippen LogP contribution in [0.4, 0.5) is 0 Å². The fourth-order valence-electron chi connectivity index (χ4n) is 2.63. The zero-order valence-corrected chi connectivity index (χ0v) is 12.4. The Balaban J connectivity index is 1.78. The van der Waals surface area contributed by atoms with E-state index in [4.69, 9.17) is 0 Å². The molecule has 2 rings (SSSR count). The summed E-state index contributed by atoms with van der Waals surface area (Å²) >= 11 is 0. The van der Waals surface area contributed by atoms with E-state index in [1.807, 2.05) is 0 Å². The Bertz CT molecular complexity index is 374. The minimum atomic E-state index is -3.08.